The van der Waals surface area contributed by atoms with E-state index in [-0.39, 0.29) is 12.5 Å². The second-order valence-electron chi connectivity index (χ2n) is 4.34. The lowest BCUT2D eigenvalue weighted by atomic mass is 10.1. The number of carbonyl (C=O) groups is 1. The monoisotopic (exact) mass is 268 g/mol. The van der Waals surface area contributed by atoms with E-state index in [2.05, 4.69) is 16.4 Å². The van der Waals surface area contributed by atoms with Gasteiger partial charge in [-0.15, -0.1) is 0 Å². The van der Waals surface area contributed by atoms with Crippen LogP contribution >= 0.6 is 0 Å². The Bertz CT molecular complexity index is 675. The molecule has 1 aromatic heterocycles. The Kier molecular flexibility index (Phi) is 4.16. The highest BCUT2D eigenvalue weighted by Crippen LogP contribution is 2.28. The van der Waals surface area contributed by atoms with E-state index in [0.717, 1.165) is 16.6 Å². The first-order valence-corrected chi connectivity index (χ1v) is 6.44. The van der Waals surface area contributed by atoms with Gasteiger partial charge in [-0.2, -0.15) is 5.26 Å². The number of carbonyl (C=O) groups excluding carboxylic acids is 1. The van der Waals surface area contributed by atoms with Crippen LogP contribution in [-0.4, -0.2) is 31.0 Å². The smallest absolute Gasteiger partial charge is 0.239 e. The number of anilines is 1. The normalized spacial score (nSPS) is 10.1. The lowest BCUT2D eigenvalue weighted by molar-refractivity contribution is -0.119. The first-order valence-electron chi connectivity index (χ1n) is 6.44. The van der Waals surface area contributed by atoms with E-state index in [1.807, 2.05) is 36.1 Å². The predicted molar refractivity (Wildman–Crippen MR) is 78.4 cm³/mol. The highest BCUT2D eigenvalue weighted by molar-refractivity contribution is 5.96. The SMILES string of the molecule is CCN(CC(=O)NC)c1c(C#N)cnc2ccccc12. The molecule has 0 saturated heterocycles. The van der Waals surface area contributed by atoms with Crippen molar-refractivity contribution < 1.29 is 4.79 Å². The topological polar surface area (TPSA) is 69.0 Å². The molecule has 0 saturated carbocycles. The lowest BCUT2D eigenvalue weighted by Gasteiger charge is -2.24. The third kappa shape index (κ3) is 2.54. The van der Waals surface area contributed by atoms with Gasteiger partial charge in [0.1, 0.15) is 6.07 Å². The molecule has 0 bridgehead atoms. The van der Waals surface area contributed by atoms with Crippen LogP contribution in [0.1, 0.15) is 12.5 Å². The number of nitriles is 1. The Morgan fingerprint density at radius 1 is 1.45 bits per heavy atom. The Balaban J connectivity index is 2.60. The molecule has 0 aliphatic heterocycles. The van der Waals surface area contributed by atoms with Crippen LogP contribution in [0.4, 0.5) is 5.69 Å². The molecule has 102 valence electrons. The first kappa shape index (κ1) is 13.8. The molecule has 0 aliphatic rings. The molecule has 0 atom stereocenters. The van der Waals surface area contributed by atoms with E-state index in [1.165, 1.54) is 0 Å². The Hall–Kier alpha value is -2.61. The number of aromatic nitrogens is 1. The van der Waals surface area contributed by atoms with E-state index in [0.29, 0.717) is 12.1 Å². The van der Waals surface area contributed by atoms with Crippen LogP contribution in [0.25, 0.3) is 10.9 Å². The molecule has 2 aromatic rings. The van der Waals surface area contributed by atoms with Crippen molar-refractivity contribution in [2.45, 2.75) is 6.92 Å². The Morgan fingerprint density at radius 2 is 2.20 bits per heavy atom. The molecule has 1 heterocycles. The number of nitrogens with zero attached hydrogens (tertiary/aromatic N) is 3. The number of rotatable bonds is 4. The predicted octanol–water partition coefficient (Wildman–Crippen LogP) is 1.68. The summed E-state index contributed by atoms with van der Waals surface area (Å²) in [6, 6.07) is 9.78. The van der Waals surface area contributed by atoms with Crippen molar-refractivity contribution in [1.82, 2.24) is 10.3 Å². The van der Waals surface area contributed by atoms with Gasteiger partial charge in [0.15, 0.2) is 0 Å². The molecule has 1 N–H and O–H groups in total. The first-order chi connectivity index (χ1) is 9.71. The Morgan fingerprint density at radius 3 is 2.85 bits per heavy atom. The second-order valence-corrected chi connectivity index (χ2v) is 4.34. The van der Waals surface area contributed by atoms with Gasteiger partial charge in [-0.1, -0.05) is 18.2 Å². The van der Waals surface area contributed by atoms with Gasteiger partial charge in [0.05, 0.1) is 23.3 Å². The highest BCUT2D eigenvalue weighted by atomic mass is 16.1. The minimum atomic E-state index is -0.0865. The number of hydrogen-bond acceptors (Lipinski definition) is 4. The van der Waals surface area contributed by atoms with Gasteiger partial charge in [-0.25, -0.2) is 0 Å². The highest BCUT2D eigenvalue weighted by Gasteiger charge is 2.16. The molecule has 1 aromatic carbocycles. The zero-order chi connectivity index (χ0) is 14.5. The van der Waals surface area contributed by atoms with Gasteiger partial charge in [-0.05, 0) is 13.0 Å². The molecular formula is C15H16N4O. The second kappa shape index (κ2) is 6.02. The van der Waals surface area contributed by atoms with Crippen LogP contribution in [0.2, 0.25) is 0 Å². The van der Waals surface area contributed by atoms with Gasteiger partial charge < -0.3 is 10.2 Å². The quantitative estimate of drug-likeness (QED) is 0.916. The third-order valence-electron chi connectivity index (χ3n) is 3.18. The number of hydrogen-bond donors (Lipinski definition) is 1. The summed E-state index contributed by atoms with van der Waals surface area (Å²) in [6.07, 6.45) is 1.56. The van der Waals surface area contributed by atoms with Gasteiger partial charge in [0.25, 0.3) is 0 Å². The van der Waals surface area contributed by atoms with Crippen LogP contribution in [0.5, 0.6) is 0 Å². The molecule has 5 nitrogen and oxygen atoms in total. The van der Waals surface area contributed by atoms with Crippen molar-refractivity contribution in [3.05, 3.63) is 36.0 Å². The minimum absolute atomic E-state index is 0.0865. The summed E-state index contributed by atoms with van der Waals surface area (Å²) >= 11 is 0. The summed E-state index contributed by atoms with van der Waals surface area (Å²) in [6.45, 7) is 2.81. The van der Waals surface area contributed by atoms with E-state index in [9.17, 15) is 10.1 Å². The fraction of sp³-hybridized carbons (Fsp3) is 0.267. The van der Waals surface area contributed by atoms with Gasteiger partial charge >= 0.3 is 0 Å². The van der Waals surface area contributed by atoms with Crippen molar-refractivity contribution in [2.75, 3.05) is 25.0 Å². The van der Waals surface area contributed by atoms with Crippen molar-refractivity contribution in [1.29, 1.82) is 5.26 Å². The summed E-state index contributed by atoms with van der Waals surface area (Å²) < 4.78 is 0. The summed E-state index contributed by atoms with van der Waals surface area (Å²) in [5, 5.41) is 12.8. The third-order valence-corrected chi connectivity index (χ3v) is 3.18. The molecule has 0 unspecified atom stereocenters. The van der Waals surface area contributed by atoms with E-state index in [4.69, 9.17) is 0 Å². The number of nitrogens with one attached hydrogen (secondary N) is 1. The van der Waals surface area contributed by atoms with Gasteiger partial charge in [0, 0.05) is 25.2 Å². The number of pyridine rings is 1. The van der Waals surface area contributed by atoms with Crippen molar-refractivity contribution in [3.8, 4) is 6.07 Å². The standard InChI is InChI=1S/C15H16N4O/c1-3-19(10-14(20)17-2)15-11(8-16)9-18-13-7-5-4-6-12(13)15/h4-7,9H,3,10H2,1-2H3,(H,17,20). The van der Waals surface area contributed by atoms with Crippen LogP contribution < -0.4 is 10.2 Å². The largest absolute Gasteiger partial charge is 0.361 e. The molecule has 2 rings (SSSR count). The Labute approximate surface area is 117 Å². The number of likely N-dealkylation sites (N-methyl/N-ethyl adjacent to an activating group) is 2. The number of fused-ring (bicyclic) bond motifs is 1. The summed E-state index contributed by atoms with van der Waals surface area (Å²) in [5.41, 5.74) is 2.07. The number of para-hydroxylation sites is 1. The van der Waals surface area contributed by atoms with Gasteiger partial charge in [0.2, 0.25) is 5.91 Å². The average Bonchev–Trinajstić information content (AvgIpc) is 2.51. The summed E-state index contributed by atoms with van der Waals surface area (Å²) in [4.78, 5) is 17.8. The molecular weight excluding hydrogens is 252 g/mol. The molecule has 0 spiro atoms. The van der Waals surface area contributed by atoms with E-state index in [1.54, 1.807) is 13.2 Å². The lowest BCUT2D eigenvalue weighted by Crippen LogP contribution is -2.36. The van der Waals surface area contributed by atoms with Crippen molar-refractivity contribution in [2.24, 2.45) is 0 Å². The summed E-state index contributed by atoms with van der Waals surface area (Å²) in [5.74, 6) is -0.0865. The van der Waals surface area contributed by atoms with E-state index >= 15 is 0 Å². The van der Waals surface area contributed by atoms with Crippen LogP contribution in [0.15, 0.2) is 30.5 Å². The molecule has 1 amide bonds. The van der Waals surface area contributed by atoms with Crippen LogP contribution in [-0.2, 0) is 4.79 Å². The maximum absolute atomic E-state index is 11.6. The molecule has 5 heteroatoms. The van der Waals surface area contributed by atoms with Crippen LogP contribution in [0.3, 0.4) is 0 Å². The number of benzene rings is 1. The molecule has 0 radical (unpaired) electrons. The number of amides is 1. The van der Waals surface area contributed by atoms with Crippen molar-refractivity contribution >= 4 is 22.5 Å². The maximum atomic E-state index is 11.6. The molecule has 20 heavy (non-hydrogen) atoms. The van der Waals surface area contributed by atoms with Crippen molar-refractivity contribution in [3.63, 3.8) is 0 Å². The average molecular weight is 268 g/mol. The fourth-order valence-corrected chi connectivity index (χ4v) is 2.15. The zero-order valence-corrected chi connectivity index (χ0v) is 11.6. The molecule has 0 aliphatic carbocycles. The summed E-state index contributed by atoms with van der Waals surface area (Å²) in [7, 11) is 1.60. The minimum Gasteiger partial charge on any atom is -0.361 e. The van der Waals surface area contributed by atoms with Crippen LogP contribution in [0, 0.1) is 11.3 Å². The van der Waals surface area contributed by atoms with Gasteiger partial charge in [-0.3, -0.25) is 9.78 Å². The maximum Gasteiger partial charge on any atom is 0.239 e. The fourth-order valence-electron chi connectivity index (χ4n) is 2.15. The van der Waals surface area contributed by atoms with E-state index < -0.39 is 0 Å². The zero-order valence-electron chi connectivity index (χ0n) is 11.6. The molecule has 0 fully saturated rings.